The normalized spacial score (nSPS) is 13.1. The summed E-state index contributed by atoms with van der Waals surface area (Å²) in [5, 5.41) is -0.228. The van der Waals surface area contributed by atoms with Crippen molar-refractivity contribution in [2.24, 2.45) is 0 Å². The van der Waals surface area contributed by atoms with E-state index in [9.17, 15) is 9.13 Å². The zero-order valence-corrected chi connectivity index (χ0v) is 15.3. The average Bonchev–Trinajstić information content (AvgIpc) is 2.52. The predicted octanol–water partition coefficient (Wildman–Crippen LogP) is 4.96. The molecule has 0 heterocycles. The summed E-state index contributed by atoms with van der Waals surface area (Å²) in [6.45, 7) is 2.02. The van der Waals surface area contributed by atoms with Crippen molar-refractivity contribution in [3.63, 3.8) is 0 Å². The highest BCUT2D eigenvalue weighted by Crippen LogP contribution is 2.23. The molecule has 0 bridgehead atoms. The Hall–Kier alpha value is -0.270. The van der Waals surface area contributed by atoms with Gasteiger partial charge in [-0.2, -0.15) is 0 Å². The third-order valence-corrected chi connectivity index (χ3v) is 5.72. The van der Waals surface area contributed by atoms with Crippen LogP contribution in [0.25, 0.3) is 0 Å². The topological polar surface area (TPSA) is 37.4 Å². The summed E-state index contributed by atoms with van der Waals surface area (Å²) in [4.78, 5) is 3.59. The highest BCUT2D eigenvalue weighted by Gasteiger charge is 2.08. The van der Waals surface area contributed by atoms with Gasteiger partial charge in [0.05, 0.1) is 0 Å². The molecule has 0 amide bonds. The van der Waals surface area contributed by atoms with E-state index < -0.39 is 0 Å². The van der Waals surface area contributed by atoms with Crippen LogP contribution in [0.1, 0.15) is 24.8 Å². The van der Waals surface area contributed by atoms with Crippen molar-refractivity contribution in [2.45, 2.75) is 36.0 Å². The van der Waals surface area contributed by atoms with E-state index in [4.69, 9.17) is 0 Å². The van der Waals surface area contributed by atoms with Crippen LogP contribution in [0.3, 0.4) is 0 Å². The monoisotopic (exact) mass is 343 g/mol. The van der Waals surface area contributed by atoms with Gasteiger partial charge in [-0.1, -0.05) is 12.1 Å². The van der Waals surface area contributed by atoms with Crippen molar-refractivity contribution in [3.8, 4) is 0 Å². The van der Waals surface area contributed by atoms with Gasteiger partial charge in [0.2, 0.25) is 0 Å². The number of hydrogen-bond donors (Lipinski definition) is 0. The van der Waals surface area contributed by atoms with Gasteiger partial charge in [0, 0.05) is 4.90 Å². The van der Waals surface area contributed by atoms with Crippen LogP contribution in [0.4, 0.5) is 0 Å². The Labute approximate surface area is 135 Å². The molecule has 21 heavy (non-hydrogen) atoms. The molecule has 0 aliphatic rings. The number of aryl methyl sites for hydroxylation is 1. The Morgan fingerprint density at radius 2 is 1.71 bits per heavy atom. The molecule has 0 unspecified atom stereocenters. The van der Waals surface area contributed by atoms with E-state index in [1.54, 1.807) is 11.8 Å². The zero-order valence-electron chi connectivity index (χ0n) is 12.7. The molecule has 0 spiro atoms. The molecule has 0 N–H and O–H groups in total. The van der Waals surface area contributed by atoms with E-state index in [2.05, 4.69) is 42.5 Å². The maximum Gasteiger partial charge on any atom is 0.171 e. The SMILES string of the molecule is CSc1ccc(CCCN(C)CCCC(P=O)P=O)cc1. The summed E-state index contributed by atoms with van der Waals surface area (Å²) in [7, 11) is 2.09. The lowest BCUT2D eigenvalue weighted by atomic mass is 10.1. The van der Waals surface area contributed by atoms with Crippen molar-refractivity contribution in [2.75, 3.05) is 26.4 Å². The number of hydrogen-bond acceptors (Lipinski definition) is 4. The molecular weight excluding hydrogens is 320 g/mol. The van der Waals surface area contributed by atoms with Crippen LogP contribution in [0, 0.1) is 0 Å². The Kier molecular flexibility index (Phi) is 10.1. The van der Waals surface area contributed by atoms with Crippen LogP contribution in [0.15, 0.2) is 29.2 Å². The summed E-state index contributed by atoms with van der Waals surface area (Å²) >= 11 is 1.77. The van der Waals surface area contributed by atoms with Gasteiger partial charge in [-0.15, -0.1) is 11.8 Å². The Balaban J connectivity index is 2.16. The van der Waals surface area contributed by atoms with Crippen LogP contribution >= 0.6 is 28.7 Å². The third-order valence-electron chi connectivity index (χ3n) is 3.41. The zero-order chi connectivity index (χ0) is 15.5. The first-order valence-corrected chi connectivity index (χ1v) is 10.1. The lowest BCUT2D eigenvalue weighted by Crippen LogP contribution is -2.21. The van der Waals surface area contributed by atoms with E-state index in [-0.39, 0.29) is 22.3 Å². The van der Waals surface area contributed by atoms with Gasteiger partial charge in [-0.05, 0) is 69.8 Å². The largest absolute Gasteiger partial charge is 0.306 e. The second kappa shape index (κ2) is 11.3. The van der Waals surface area contributed by atoms with E-state index >= 15 is 0 Å². The molecule has 0 atom stereocenters. The maximum absolute atomic E-state index is 10.7. The van der Waals surface area contributed by atoms with Crippen LogP contribution < -0.4 is 0 Å². The first-order valence-electron chi connectivity index (χ1n) is 7.16. The molecule has 3 nitrogen and oxygen atoms in total. The van der Waals surface area contributed by atoms with E-state index in [0.717, 1.165) is 38.8 Å². The van der Waals surface area contributed by atoms with Gasteiger partial charge in [0.25, 0.3) is 0 Å². The van der Waals surface area contributed by atoms with Crippen molar-refractivity contribution < 1.29 is 9.13 Å². The lowest BCUT2D eigenvalue weighted by molar-refractivity contribution is 0.323. The quantitative estimate of drug-likeness (QED) is 0.420. The second-order valence-electron chi connectivity index (χ2n) is 5.09. The standard InChI is InChI=1S/C15H23NO2P2S/c1-16(12-4-6-15(19-17)20-18)11-3-5-13-7-9-14(21-2)10-8-13/h7-10,15H,3-6,11-12H2,1-2H3. The summed E-state index contributed by atoms with van der Waals surface area (Å²) in [6.07, 6.45) is 6.01. The highest BCUT2D eigenvalue weighted by atomic mass is 32.2. The molecule has 0 saturated carbocycles. The van der Waals surface area contributed by atoms with Crippen LogP contribution in [0.5, 0.6) is 0 Å². The molecule has 0 fully saturated rings. The Morgan fingerprint density at radius 1 is 1.10 bits per heavy atom. The average molecular weight is 343 g/mol. The molecule has 1 aromatic rings. The number of benzene rings is 1. The van der Waals surface area contributed by atoms with Gasteiger partial charge in [0.1, 0.15) is 5.40 Å². The molecule has 1 aromatic carbocycles. The minimum absolute atomic E-state index is 0.00868. The Bertz CT molecular complexity index is 420. The van der Waals surface area contributed by atoms with Gasteiger partial charge in [0.15, 0.2) is 16.9 Å². The molecule has 0 radical (unpaired) electrons. The summed E-state index contributed by atoms with van der Waals surface area (Å²) < 4.78 is 21.3. The number of thioether (sulfide) groups is 1. The number of rotatable bonds is 11. The smallest absolute Gasteiger partial charge is 0.171 e. The summed E-state index contributed by atoms with van der Waals surface area (Å²) in [5.41, 5.74) is 1.39. The lowest BCUT2D eigenvalue weighted by Gasteiger charge is -2.16. The molecular formula is C15H23NO2P2S. The first-order chi connectivity index (χ1) is 10.2. The predicted molar refractivity (Wildman–Crippen MR) is 92.3 cm³/mol. The van der Waals surface area contributed by atoms with Gasteiger partial charge in [-0.3, -0.25) is 9.13 Å². The molecule has 0 aliphatic carbocycles. The summed E-state index contributed by atoms with van der Waals surface area (Å²) in [6, 6.07) is 8.76. The molecule has 0 saturated heterocycles. The fourth-order valence-electron chi connectivity index (χ4n) is 2.13. The summed E-state index contributed by atoms with van der Waals surface area (Å²) in [5.74, 6) is 0. The third kappa shape index (κ3) is 8.07. The maximum atomic E-state index is 10.7. The van der Waals surface area contributed by atoms with Crippen LogP contribution in [-0.2, 0) is 15.6 Å². The minimum Gasteiger partial charge on any atom is -0.306 e. The number of nitrogens with zero attached hydrogens (tertiary/aromatic N) is 1. The van der Waals surface area contributed by atoms with Crippen molar-refractivity contribution >= 4 is 28.7 Å². The fraction of sp³-hybridized carbons (Fsp3) is 0.600. The molecule has 1 rings (SSSR count). The first kappa shape index (κ1) is 18.8. The van der Waals surface area contributed by atoms with Crippen molar-refractivity contribution in [3.05, 3.63) is 29.8 Å². The van der Waals surface area contributed by atoms with E-state index in [1.165, 1.54) is 10.5 Å². The fourth-order valence-corrected chi connectivity index (χ4v) is 3.26. The van der Waals surface area contributed by atoms with Crippen molar-refractivity contribution in [1.29, 1.82) is 0 Å². The van der Waals surface area contributed by atoms with Gasteiger partial charge < -0.3 is 4.90 Å². The second-order valence-corrected chi connectivity index (χ2v) is 8.04. The molecule has 0 aliphatic heterocycles. The highest BCUT2D eigenvalue weighted by molar-refractivity contribution is 7.98. The molecule has 116 valence electrons. The molecule has 6 heteroatoms. The van der Waals surface area contributed by atoms with E-state index in [0.29, 0.717) is 0 Å². The van der Waals surface area contributed by atoms with Gasteiger partial charge in [-0.25, -0.2) is 0 Å². The Morgan fingerprint density at radius 3 is 2.29 bits per heavy atom. The van der Waals surface area contributed by atoms with Gasteiger partial charge >= 0.3 is 0 Å². The van der Waals surface area contributed by atoms with E-state index in [1.807, 2.05) is 0 Å². The van der Waals surface area contributed by atoms with Crippen LogP contribution in [0.2, 0.25) is 0 Å². The minimum atomic E-state index is -0.228. The van der Waals surface area contributed by atoms with Crippen LogP contribution in [-0.4, -0.2) is 36.7 Å². The molecule has 0 aromatic heterocycles. The van der Waals surface area contributed by atoms with Crippen molar-refractivity contribution in [1.82, 2.24) is 4.90 Å².